The molecule has 0 aliphatic heterocycles. The first-order valence-electron chi connectivity index (χ1n) is 7.74. The Morgan fingerprint density at radius 3 is 1.92 bits per heavy atom. The van der Waals surface area contributed by atoms with Crippen LogP contribution in [-0.2, 0) is 0 Å². The van der Waals surface area contributed by atoms with Crippen molar-refractivity contribution in [1.29, 1.82) is 0 Å². The zero-order valence-corrected chi connectivity index (χ0v) is 13.0. The third-order valence-electron chi connectivity index (χ3n) is 4.38. The fourth-order valence-electron chi connectivity index (χ4n) is 3.11. The zero-order chi connectivity index (χ0) is 16.7. The van der Waals surface area contributed by atoms with Crippen molar-refractivity contribution < 1.29 is 9.59 Å². The molecule has 0 bridgehead atoms. The molecule has 2 nitrogen and oxygen atoms in total. The van der Waals surface area contributed by atoms with Crippen molar-refractivity contribution in [2.45, 2.75) is 0 Å². The molecule has 0 spiro atoms. The van der Waals surface area contributed by atoms with E-state index in [9.17, 15) is 9.59 Å². The summed E-state index contributed by atoms with van der Waals surface area (Å²) in [5, 5.41) is 0. The van der Waals surface area contributed by atoms with Gasteiger partial charge in [-0.3, -0.25) is 9.59 Å². The summed E-state index contributed by atoms with van der Waals surface area (Å²) < 4.78 is 0. The zero-order valence-electron chi connectivity index (χ0n) is 13.0. The van der Waals surface area contributed by atoms with Gasteiger partial charge < -0.3 is 0 Å². The summed E-state index contributed by atoms with van der Waals surface area (Å²) in [6.07, 6.45) is 1.67. The largest absolute Gasteiger partial charge is 0.289 e. The summed E-state index contributed by atoms with van der Waals surface area (Å²) >= 11 is 0. The molecule has 1 aliphatic carbocycles. The predicted octanol–water partition coefficient (Wildman–Crippen LogP) is 4.77. The molecule has 0 unspecified atom stereocenters. The molecular formula is C22H14O2. The highest BCUT2D eigenvalue weighted by molar-refractivity contribution is 6.28. The van der Waals surface area contributed by atoms with Gasteiger partial charge in [-0.2, -0.15) is 0 Å². The Hall–Kier alpha value is -3.26. The molecule has 0 radical (unpaired) electrons. The number of fused-ring (bicyclic) bond motifs is 2. The fourth-order valence-corrected chi connectivity index (χ4v) is 3.11. The molecular weight excluding hydrogens is 296 g/mol. The molecule has 3 aromatic carbocycles. The van der Waals surface area contributed by atoms with Gasteiger partial charge in [-0.25, -0.2) is 0 Å². The highest BCUT2D eigenvalue weighted by Gasteiger charge is 2.29. The first-order chi connectivity index (χ1) is 11.7. The lowest BCUT2D eigenvalue weighted by Crippen LogP contribution is -2.21. The van der Waals surface area contributed by atoms with Gasteiger partial charge >= 0.3 is 0 Å². The van der Waals surface area contributed by atoms with E-state index in [1.54, 1.807) is 24.3 Å². The molecule has 0 saturated heterocycles. The number of hydrogen-bond acceptors (Lipinski definition) is 2. The van der Waals surface area contributed by atoms with E-state index in [1.165, 1.54) is 0 Å². The monoisotopic (exact) mass is 310 g/mol. The van der Waals surface area contributed by atoms with Gasteiger partial charge in [-0.05, 0) is 41.0 Å². The minimum absolute atomic E-state index is 0.104. The maximum atomic E-state index is 12.9. The van der Waals surface area contributed by atoms with Gasteiger partial charge in [0, 0.05) is 22.3 Å². The second-order valence-corrected chi connectivity index (χ2v) is 5.79. The van der Waals surface area contributed by atoms with Gasteiger partial charge in [-0.1, -0.05) is 55.1 Å². The van der Waals surface area contributed by atoms with Crippen LogP contribution in [0.3, 0.4) is 0 Å². The minimum atomic E-state index is -0.108. The highest BCUT2D eigenvalue weighted by Crippen LogP contribution is 2.31. The van der Waals surface area contributed by atoms with Crippen molar-refractivity contribution in [3.63, 3.8) is 0 Å². The Bertz CT molecular complexity index is 998. The first kappa shape index (κ1) is 14.3. The van der Waals surface area contributed by atoms with Crippen LogP contribution in [0.25, 0.3) is 17.2 Å². The molecule has 3 aromatic rings. The average Bonchev–Trinajstić information content (AvgIpc) is 2.66. The van der Waals surface area contributed by atoms with Crippen molar-refractivity contribution in [2.75, 3.05) is 0 Å². The fraction of sp³-hybridized carbons (Fsp3) is 0. The van der Waals surface area contributed by atoms with Crippen LogP contribution in [-0.4, -0.2) is 11.6 Å². The van der Waals surface area contributed by atoms with Crippen LogP contribution in [0.4, 0.5) is 0 Å². The molecule has 0 atom stereocenters. The average molecular weight is 310 g/mol. The molecule has 0 fully saturated rings. The minimum Gasteiger partial charge on any atom is -0.289 e. The van der Waals surface area contributed by atoms with E-state index in [0.717, 1.165) is 16.7 Å². The number of benzene rings is 3. The normalized spacial score (nSPS) is 12.5. The van der Waals surface area contributed by atoms with Crippen molar-refractivity contribution in [3.8, 4) is 11.1 Å². The van der Waals surface area contributed by atoms with Gasteiger partial charge in [0.25, 0.3) is 0 Å². The number of carbonyl (C=O) groups excluding carboxylic acids is 2. The molecule has 0 amide bonds. The van der Waals surface area contributed by atoms with Crippen LogP contribution >= 0.6 is 0 Å². The second kappa shape index (κ2) is 5.43. The number of carbonyl (C=O) groups is 2. The van der Waals surface area contributed by atoms with Crippen LogP contribution in [0.15, 0.2) is 73.3 Å². The molecule has 0 N–H and O–H groups in total. The third kappa shape index (κ3) is 2.12. The molecule has 24 heavy (non-hydrogen) atoms. The van der Waals surface area contributed by atoms with E-state index in [-0.39, 0.29) is 11.6 Å². The van der Waals surface area contributed by atoms with E-state index >= 15 is 0 Å². The van der Waals surface area contributed by atoms with E-state index in [4.69, 9.17) is 0 Å². The summed E-state index contributed by atoms with van der Waals surface area (Å²) in [7, 11) is 0. The smallest absolute Gasteiger partial charge is 0.194 e. The van der Waals surface area contributed by atoms with Gasteiger partial charge in [0.2, 0.25) is 0 Å². The van der Waals surface area contributed by atoms with Crippen LogP contribution in [0.1, 0.15) is 37.4 Å². The maximum Gasteiger partial charge on any atom is 0.194 e. The van der Waals surface area contributed by atoms with Crippen molar-refractivity contribution >= 4 is 17.6 Å². The lowest BCUT2D eigenvalue weighted by Gasteiger charge is -2.18. The Morgan fingerprint density at radius 1 is 0.625 bits per heavy atom. The Balaban J connectivity index is 1.89. The third-order valence-corrected chi connectivity index (χ3v) is 4.38. The number of ketones is 2. The molecule has 0 heterocycles. The van der Waals surface area contributed by atoms with Crippen LogP contribution in [0.2, 0.25) is 0 Å². The molecule has 1 aliphatic rings. The molecule has 0 aromatic heterocycles. The molecule has 4 rings (SSSR count). The number of rotatable bonds is 2. The lowest BCUT2D eigenvalue weighted by molar-refractivity contribution is 0.0979. The Kier molecular flexibility index (Phi) is 3.24. The summed E-state index contributed by atoms with van der Waals surface area (Å²) in [6, 6.07) is 20.5. The van der Waals surface area contributed by atoms with Gasteiger partial charge in [-0.15, -0.1) is 0 Å². The second-order valence-electron chi connectivity index (χ2n) is 5.79. The van der Waals surface area contributed by atoms with Gasteiger partial charge in [0.05, 0.1) is 0 Å². The van der Waals surface area contributed by atoms with Crippen molar-refractivity contribution in [1.82, 2.24) is 0 Å². The SMILES string of the molecule is C=Cc1ccc2c(c1)C(=O)c1ccc(-c3ccccc3)cc1C2=O. The van der Waals surface area contributed by atoms with Crippen molar-refractivity contribution in [3.05, 3.63) is 101 Å². The topological polar surface area (TPSA) is 34.1 Å². The van der Waals surface area contributed by atoms with Gasteiger partial charge in [0.15, 0.2) is 11.6 Å². The quantitative estimate of drug-likeness (QED) is 0.534. The predicted molar refractivity (Wildman–Crippen MR) is 95.3 cm³/mol. The summed E-state index contributed by atoms with van der Waals surface area (Å²) in [4.78, 5) is 25.6. The number of hydrogen-bond donors (Lipinski definition) is 0. The first-order valence-corrected chi connectivity index (χ1v) is 7.74. The summed E-state index contributed by atoms with van der Waals surface area (Å²) in [5.74, 6) is -0.212. The van der Waals surface area contributed by atoms with Crippen molar-refractivity contribution in [2.24, 2.45) is 0 Å². The van der Waals surface area contributed by atoms with Crippen LogP contribution < -0.4 is 0 Å². The van der Waals surface area contributed by atoms with Crippen LogP contribution in [0.5, 0.6) is 0 Å². The summed E-state index contributed by atoms with van der Waals surface area (Å²) in [6.45, 7) is 3.72. The van der Waals surface area contributed by atoms with Gasteiger partial charge in [0.1, 0.15) is 0 Å². The lowest BCUT2D eigenvalue weighted by atomic mass is 9.82. The van der Waals surface area contributed by atoms with E-state index < -0.39 is 0 Å². The van der Waals surface area contributed by atoms with E-state index in [1.807, 2.05) is 48.5 Å². The highest BCUT2D eigenvalue weighted by atomic mass is 16.1. The maximum absolute atomic E-state index is 12.9. The Morgan fingerprint density at radius 2 is 1.25 bits per heavy atom. The standard InChI is InChI=1S/C22H14O2/c1-2-14-8-10-17-19(12-14)21(23)18-11-9-16(13-20(18)22(17)24)15-6-4-3-5-7-15/h2-13H,1H2. The van der Waals surface area contributed by atoms with E-state index in [0.29, 0.717) is 22.3 Å². The van der Waals surface area contributed by atoms with Crippen LogP contribution in [0, 0.1) is 0 Å². The summed E-state index contributed by atoms with van der Waals surface area (Å²) in [5.41, 5.74) is 4.64. The van der Waals surface area contributed by atoms with E-state index in [2.05, 4.69) is 6.58 Å². The molecule has 0 saturated carbocycles. The molecule has 114 valence electrons. The molecule has 2 heteroatoms. The Labute approximate surface area is 140 Å².